The van der Waals surface area contributed by atoms with Gasteiger partial charge in [-0.25, -0.2) is 0 Å². The number of furan rings is 1. The Morgan fingerprint density at radius 2 is 0.882 bits per heavy atom. The molecule has 0 atom stereocenters. The largest absolute Gasteiger partial charge is 0.456 e. The Morgan fingerprint density at radius 1 is 0.353 bits per heavy atom. The fourth-order valence-electron chi connectivity index (χ4n) is 8.10. The van der Waals surface area contributed by atoms with Crippen molar-refractivity contribution in [1.29, 1.82) is 0 Å². The maximum atomic E-state index is 9.63. The fourth-order valence-corrected chi connectivity index (χ4v) is 8.10. The molecule has 0 aliphatic carbocycles. The van der Waals surface area contributed by atoms with E-state index in [4.69, 9.17) is 9.90 Å². The topological polar surface area (TPSA) is 13.1 Å². The van der Waals surface area contributed by atoms with Gasteiger partial charge in [0.05, 0.1) is 11.0 Å². The second kappa shape index (κ2) is 10.9. The summed E-state index contributed by atoms with van der Waals surface area (Å²) in [6, 6.07) is 40.5. The minimum atomic E-state index is -0.437. The van der Waals surface area contributed by atoms with Crippen LogP contribution in [0.5, 0.6) is 0 Å². The molecule has 236 valence electrons. The van der Waals surface area contributed by atoms with E-state index >= 15 is 0 Å². The Labute approximate surface area is 305 Å². The van der Waals surface area contributed by atoms with Crippen LogP contribution >= 0.6 is 0 Å². The highest BCUT2D eigenvalue weighted by Gasteiger charge is 2.22. The molecule has 10 aromatic carbocycles. The molecule has 0 aliphatic rings. The lowest BCUT2D eigenvalue weighted by atomic mass is 9.82. The summed E-state index contributed by atoms with van der Waals surface area (Å²) in [5.41, 5.74) is 4.82. The van der Waals surface area contributed by atoms with Crippen LogP contribution in [0.25, 0.3) is 109 Å². The van der Waals surface area contributed by atoms with Crippen molar-refractivity contribution in [2.24, 2.45) is 0 Å². The summed E-state index contributed by atoms with van der Waals surface area (Å²) < 4.78 is 80.7. The van der Waals surface area contributed by atoms with Crippen LogP contribution in [0, 0.1) is 0 Å². The number of hydrogen-bond donors (Lipinski definition) is 0. The second-order valence-corrected chi connectivity index (χ2v) is 13.0. The molecule has 11 rings (SSSR count). The van der Waals surface area contributed by atoms with Crippen LogP contribution in [0.1, 0.15) is 11.0 Å². The summed E-state index contributed by atoms with van der Waals surface area (Å²) in [6.45, 7) is 0. The molecule has 1 heteroatoms. The molecule has 51 heavy (non-hydrogen) atoms. The van der Waals surface area contributed by atoms with Crippen molar-refractivity contribution < 1.29 is 15.4 Å². The van der Waals surface area contributed by atoms with Gasteiger partial charge < -0.3 is 4.42 Å². The predicted molar refractivity (Wildman–Crippen MR) is 218 cm³/mol. The van der Waals surface area contributed by atoms with Crippen molar-refractivity contribution in [1.82, 2.24) is 0 Å². The zero-order chi connectivity index (χ0) is 40.4. The van der Waals surface area contributed by atoms with Crippen LogP contribution in [0.3, 0.4) is 0 Å². The third-order valence-electron chi connectivity index (χ3n) is 10.3. The highest BCUT2D eigenvalue weighted by molar-refractivity contribution is 6.26. The molecule has 0 radical (unpaired) electrons. The van der Waals surface area contributed by atoms with E-state index in [9.17, 15) is 5.48 Å². The van der Waals surface area contributed by atoms with Gasteiger partial charge in [-0.05, 0) is 105 Å². The summed E-state index contributed by atoms with van der Waals surface area (Å²) in [5, 5.41) is 8.17. The van der Waals surface area contributed by atoms with Crippen molar-refractivity contribution in [2.45, 2.75) is 0 Å². The van der Waals surface area contributed by atoms with Crippen LogP contribution in [-0.2, 0) is 0 Å². The van der Waals surface area contributed by atoms with Gasteiger partial charge in [0, 0.05) is 10.8 Å². The Hall–Kier alpha value is -6.70. The molecule has 0 spiro atoms. The van der Waals surface area contributed by atoms with Crippen molar-refractivity contribution >= 4 is 75.8 Å². The van der Waals surface area contributed by atoms with Crippen LogP contribution < -0.4 is 0 Å². The highest BCUT2D eigenvalue weighted by atomic mass is 16.3. The zero-order valence-corrected chi connectivity index (χ0v) is 27.1. The molecule has 0 fully saturated rings. The van der Waals surface area contributed by atoms with Crippen molar-refractivity contribution in [3.8, 4) is 33.4 Å². The fraction of sp³-hybridized carbons (Fsp3) is 0. The van der Waals surface area contributed by atoms with E-state index in [-0.39, 0.29) is 45.7 Å². The standard InChI is InChI=1S/C50H30O/c1-4-16-35-31(12-1)15-11-23-38(35)48-39-19-7-9-21-41(39)49(42-22-10-8-20-40(42)48)43-27-24-32-13-2-5-17-36(32)47(43)34-26-28-45-44(30-34)50-37-18-6-3-14-33(37)25-29-46(50)51-45/h1-30H/i7D,8D,9D,10D,19D,20D,21D,22D. The lowest BCUT2D eigenvalue weighted by Crippen LogP contribution is -1.94. The predicted octanol–water partition coefficient (Wildman–Crippen LogP) is 14.4. The number of hydrogen-bond acceptors (Lipinski definition) is 1. The quantitative estimate of drug-likeness (QED) is 0.173. The molecule has 1 heterocycles. The van der Waals surface area contributed by atoms with Gasteiger partial charge in [0.1, 0.15) is 11.2 Å². The summed E-state index contributed by atoms with van der Waals surface area (Å²) in [6.07, 6.45) is 0. The molecule has 1 aromatic heterocycles. The summed E-state index contributed by atoms with van der Waals surface area (Å²) in [4.78, 5) is 0. The molecule has 0 aliphatic heterocycles. The van der Waals surface area contributed by atoms with E-state index in [1.807, 2.05) is 115 Å². The number of benzene rings is 10. The molecule has 0 saturated carbocycles. The van der Waals surface area contributed by atoms with E-state index in [0.717, 1.165) is 59.8 Å². The van der Waals surface area contributed by atoms with Crippen molar-refractivity contribution in [3.63, 3.8) is 0 Å². The first-order valence-electron chi connectivity index (χ1n) is 20.9. The van der Waals surface area contributed by atoms with E-state index in [1.54, 1.807) is 0 Å². The Balaban J connectivity index is 1.38. The molecule has 0 unspecified atom stereocenters. The highest BCUT2D eigenvalue weighted by Crippen LogP contribution is 2.49. The molecular weight excluding hydrogens is 617 g/mol. The van der Waals surface area contributed by atoms with Gasteiger partial charge in [-0.1, -0.05) is 164 Å². The molecule has 11 aromatic rings. The molecule has 0 saturated heterocycles. The van der Waals surface area contributed by atoms with Gasteiger partial charge in [-0.2, -0.15) is 0 Å². The first-order valence-corrected chi connectivity index (χ1v) is 16.9. The lowest BCUT2D eigenvalue weighted by molar-refractivity contribution is 0.669. The Morgan fingerprint density at radius 3 is 1.59 bits per heavy atom. The van der Waals surface area contributed by atoms with Gasteiger partial charge in [0.15, 0.2) is 0 Å². The van der Waals surface area contributed by atoms with E-state index < -0.39 is 24.2 Å². The van der Waals surface area contributed by atoms with Gasteiger partial charge in [0.2, 0.25) is 0 Å². The lowest BCUT2D eigenvalue weighted by Gasteiger charge is -2.21. The van der Waals surface area contributed by atoms with E-state index in [2.05, 4.69) is 18.2 Å². The normalized spacial score (nSPS) is 14.1. The van der Waals surface area contributed by atoms with Gasteiger partial charge >= 0.3 is 0 Å². The average molecular weight is 655 g/mol. The van der Waals surface area contributed by atoms with Crippen molar-refractivity contribution in [2.75, 3.05) is 0 Å². The zero-order valence-electron chi connectivity index (χ0n) is 35.1. The maximum Gasteiger partial charge on any atom is 0.136 e. The summed E-state index contributed by atoms with van der Waals surface area (Å²) in [5.74, 6) is 0. The molecular formula is C50H30O. The summed E-state index contributed by atoms with van der Waals surface area (Å²) >= 11 is 0. The minimum absolute atomic E-state index is 0.175. The Bertz CT molecular complexity index is 3580. The SMILES string of the molecule is [2H]c1c([2H])c([2H])c2c(-c3cccc4ccccc34)c3c([2H])c([2H])c([2H])c([2H])c3c(-c3ccc4ccccc4c3-c3ccc4oc5ccc6ccccc6c5c4c3)c2c1[2H]. The van der Waals surface area contributed by atoms with E-state index in [0.29, 0.717) is 27.8 Å². The van der Waals surface area contributed by atoms with E-state index in [1.165, 1.54) is 0 Å². The molecule has 1 nitrogen and oxygen atoms in total. The van der Waals surface area contributed by atoms with Crippen molar-refractivity contribution in [3.05, 3.63) is 182 Å². The first-order chi connectivity index (χ1) is 28.6. The van der Waals surface area contributed by atoms with Gasteiger partial charge in [-0.3, -0.25) is 0 Å². The van der Waals surface area contributed by atoms with Gasteiger partial charge in [-0.15, -0.1) is 0 Å². The third kappa shape index (κ3) is 4.16. The minimum Gasteiger partial charge on any atom is -0.456 e. The third-order valence-corrected chi connectivity index (χ3v) is 10.3. The monoisotopic (exact) mass is 654 g/mol. The van der Waals surface area contributed by atoms with Crippen LogP contribution in [0.15, 0.2) is 186 Å². The maximum absolute atomic E-state index is 9.63. The Kier molecular flexibility index (Phi) is 4.57. The summed E-state index contributed by atoms with van der Waals surface area (Å²) in [7, 11) is 0. The van der Waals surface area contributed by atoms with Gasteiger partial charge in [0.25, 0.3) is 0 Å². The van der Waals surface area contributed by atoms with Crippen LogP contribution in [-0.4, -0.2) is 0 Å². The average Bonchev–Trinajstić information content (AvgIpc) is 3.66. The smallest absolute Gasteiger partial charge is 0.136 e. The first kappa shape index (κ1) is 21.4. The van der Waals surface area contributed by atoms with Crippen LogP contribution in [0.4, 0.5) is 0 Å². The number of rotatable bonds is 3. The number of fused-ring (bicyclic) bond motifs is 9. The molecule has 0 amide bonds. The second-order valence-electron chi connectivity index (χ2n) is 13.0. The van der Waals surface area contributed by atoms with Crippen LogP contribution in [0.2, 0.25) is 0 Å². The molecule has 0 bridgehead atoms. The molecule has 0 N–H and O–H groups in total.